The van der Waals surface area contributed by atoms with Crippen molar-refractivity contribution in [2.24, 2.45) is 0 Å². The lowest BCUT2D eigenvalue weighted by molar-refractivity contribution is -0.141. The van der Waals surface area contributed by atoms with Crippen LogP contribution in [0, 0.1) is 6.92 Å². The van der Waals surface area contributed by atoms with Gasteiger partial charge in [0.05, 0.1) is 18.0 Å². The number of rotatable bonds is 3. The van der Waals surface area contributed by atoms with Gasteiger partial charge in [0.1, 0.15) is 5.60 Å². The SMILES string of the molecule is Cc1ccn(CCC(=O)N2CCC3(CC2)OCCc2c3[nH]c3ccccc23)n1. The molecule has 2 aliphatic rings. The fourth-order valence-electron chi connectivity index (χ4n) is 4.74. The smallest absolute Gasteiger partial charge is 0.224 e. The first-order valence-electron chi connectivity index (χ1n) is 10.2. The van der Waals surface area contributed by atoms with Crippen molar-refractivity contribution in [3.05, 3.63) is 53.5 Å². The van der Waals surface area contributed by atoms with Crippen molar-refractivity contribution in [1.82, 2.24) is 19.7 Å². The van der Waals surface area contributed by atoms with Gasteiger partial charge in [0, 0.05) is 43.2 Å². The Labute approximate surface area is 164 Å². The van der Waals surface area contributed by atoms with Crippen LogP contribution in [0.15, 0.2) is 36.5 Å². The maximum Gasteiger partial charge on any atom is 0.224 e. The molecular formula is C22H26N4O2. The third-order valence-electron chi connectivity index (χ3n) is 6.25. The Bertz CT molecular complexity index is 1010. The minimum Gasteiger partial charge on any atom is -0.368 e. The highest BCUT2D eigenvalue weighted by molar-refractivity contribution is 5.85. The number of nitrogens with one attached hydrogen (secondary N) is 1. The van der Waals surface area contributed by atoms with Gasteiger partial charge in [-0.1, -0.05) is 18.2 Å². The Morgan fingerprint density at radius 3 is 2.86 bits per heavy atom. The van der Waals surface area contributed by atoms with Crippen LogP contribution < -0.4 is 0 Å². The van der Waals surface area contributed by atoms with E-state index in [2.05, 4.69) is 34.3 Å². The zero-order valence-corrected chi connectivity index (χ0v) is 16.3. The van der Waals surface area contributed by atoms with Crippen LogP contribution in [0.1, 0.15) is 36.2 Å². The van der Waals surface area contributed by atoms with E-state index in [1.807, 2.05) is 28.8 Å². The van der Waals surface area contributed by atoms with E-state index < -0.39 is 0 Å². The van der Waals surface area contributed by atoms with Crippen molar-refractivity contribution in [1.29, 1.82) is 0 Å². The number of piperidine rings is 1. The molecule has 1 fully saturated rings. The van der Waals surface area contributed by atoms with Crippen LogP contribution in [0.25, 0.3) is 10.9 Å². The molecule has 1 spiro atoms. The summed E-state index contributed by atoms with van der Waals surface area (Å²) in [6, 6.07) is 10.5. The van der Waals surface area contributed by atoms with Crippen LogP contribution in [0.3, 0.4) is 0 Å². The molecule has 0 radical (unpaired) electrons. The molecule has 6 nitrogen and oxygen atoms in total. The van der Waals surface area contributed by atoms with Crippen LogP contribution in [-0.4, -0.2) is 45.3 Å². The van der Waals surface area contributed by atoms with Crippen molar-refractivity contribution < 1.29 is 9.53 Å². The van der Waals surface area contributed by atoms with Crippen molar-refractivity contribution >= 4 is 16.8 Å². The number of likely N-dealkylation sites (tertiary alicyclic amines) is 1. The summed E-state index contributed by atoms with van der Waals surface area (Å²) in [5.74, 6) is 0.204. The lowest BCUT2D eigenvalue weighted by Crippen LogP contribution is -2.48. The molecule has 2 aromatic heterocycles. The van der Waals surface area contributed by atoms with Crippen molar-refractivity contribution in [3.63, 3.8) is 0 Å². The van der Waals surface area contributed by atoms with Gasteiger partial charge in [0.15, 0.2) is 0 Å². The number of hydrogen-bond donors (Lipinski definition) is 1. The first-order valence-corrected chi connectivity index (χ1v) is 10.2. The number of ether oxygens (including phenoxy) is 1. The third-order valence-corrected chi connectivity index (χ3v) is 6.25. The first-order chi connectivity index (χ1) is 13.6. The average Bonchev–Trinajstić information content (AvgIpc) is 3.31. The lowest BCUT2D eigenvalue weighted by Gasteiger charge is -2.43. The molecule has 1 aromatic carbocycles. The van der Waals surface area contributed by atoms with Gasteiger partial charge in [-0.2, -0.15) is 5.10 Å². The first kappa shape index (κ1) is 17.5. The minimum absolute atomic E-state index is 0.204. The number of nitrogens with zero attached hydrogens (tertiary/aromatic N) is 3. The van der Waals surface area contributed by atoms with Crippen molar-refractivity contribution in [3.8, 4) is 0 Å². The van der Waals surface area contributed by atoms with E-state index in [1.165, 1.54) is 22.2 Å². The van der Waals surface area contributed by atoms with Crippen LogP contribution in [0.5, 0.6) is 0 Å². The Balaban J connectivity index is 1.29. The van der Waals surface area contributed by atoms with E-state index >= 15 is 0 Å². The second-order valence-corrected chi connectivity index (χ2v) is 7.97. The quantitative estimate of drug-likeness (QED) is 0.761. The molecule has 1 N–H and O–H groups in total. The van der Waals surface area contributed by atoms with Gasteiger partial charge in [0.25, 0.3) is 0 Å². The number of fused-ring (bicyclic) bond motifs is 4. The molecule has 5 rings (SSSR count). The molecule has 146 valence electrons. The van der Waals surface area contributed by atoms with Crippen LogP contribution in [0.4, 0.5) is 0 Å². The van der Waals surface area contributed by atoms with Gasteiger partial charge in [-0.15, -0.1) is 0 Å². The molecule has 1 amide bonds. The maximum absolute atomic E-state index is 12.7. The Morgan fingerprint density at radius 1 is 1.25 bits per heavy atom. The number of hydrogen-bond acceptors (Lipinski definition) is 3. The number of carbonyl (C=O) groups excluding carboxylic acids is 1. The van der Waals surface area contributed by atoms with E-state index in [1.54, 1.807) is 0 Å². The summed E-state index contributed by atoms with van der Waals surface area (Å²) in [4.78, 5) is 18.3. The Hall–Kier alpha value is -2.60. The summed E-state index contributed by atoms with van der Waals surface area (Å²) in [5, 5.41) is 5.68. The van der Waals surface area contributed by atoms with E-state index in [4.69, 9.17) is 4.74 Å². The van der Waals surface area contributed by atoms with Gasteiger partial charge < -0.3 is 14.6 Å². The highest BCUT2D eigenvalue weighted by atomic mass is 16.5. The molecule has 0 unspecified atom stereocenters. The second kappa shape index (κ2) is 6.78. The summed E-state index contributed by atoms with van der Waals surface area (Å²) in [6.45, 7) is 4.83. The molecule has 3 aromatic rings. The monoisotopic (exact) mass is 378 g/mol. The Morgan fingerprint density at radius 2 is 2.07 bits per heavy atom. The summed E-state index contributed by atoms with van der Waals surface area (Å²) < 4.78 is 8.19. The van der Waals surface area contributed by atoms with E-state index in [0.29, 0.717) is 13.0 Å². The predicted molar refractivity (Wildman–Crippen MR) is 107 cm³/mol. The molecule has 0 bridgehead atoms. The van der Waals surface area contributed by atoms with E-state index in [-0.39, 0.29) is 11.5 Å². The Kier molecular flexibility index (Phi) is 4.23. The standard InChI is InChI=1S/C22H26N4O2/c1-16-6-11-26(24-16)12-7-20(27)25-13-9-22(10-14-25)21-18(8-15-28-22)17-4-2-3-5-19(17)23-21/h2-6,11,23H,7-10,12-15H2,1H3. The number of amides is 1. The second-order valence-electron chi connectivity index (χ2n) is 7.97. The number of carbonyl (C=O) groups is 1. The maximum atomic E-state index is 12.7. The number of benzene rings is 1. The number of H-pyrrole nitrogens is 1. The summed E-state index contributed by atoms with van der Waals surface area (Å²) in [6.07, 6.45) is 5.07. The highest BCUT2D eigenvalue weighted by Gasteiger charge is 2.43. The number of aromatic nitrogens is 3. The van der Waals surface area contributed by atoms with Gasteiger partial charge >= 0.3 is 0 Å². The lowest BCUT2D eigenvalue weighted by atomic mass is 9.83. The van der Waals surface area contributed by atoms with Gasteiger partial charge in [-0.25, -0.2) is 0 Å². The minimum atomic E-state index is -0.275. The molecular weight excluding hydrogens is 352 g/mol. The van der Waals surface area contributed by atoms with Gasteiger partial charge in [-0.05, 0) is 43.9 Å². The molecule has 6 heteroatoms. The normalized spacial score (nSPS) is 18.5. The number of para-hydroxylation sites is 1. The topological polar surface area (TPSA) is 63.1 Å². The fourth-order valence-corrected chi connectivity index (χ4v) is 4.74. The van der Waals surface area contributed by atoms with Gasteiger partial charge in [0.2, 0.25) is 5.91 Å². The number of aryl methyl sites for hydroxylation is 2. The summed E-state index contributed by atoms with van der Waals surface area (Å²) >= 11 is 0. The molecule has 0 saturated carbocycles. The fraction of sp³-hybridized carbons (Fsp3) is 0.455. The molecule has 0 atom stereocenters. The average molecular weight is 378 g/mol. The predicted octanol–water partition coefficient (Wildman–Crippen LogP) is 3.15. The van der Waals surface area contributed by atoms with Gasteiger partial charge in [-0.3, -0.25) is 9.48 Å². The number of aromatic amines is 1. The van der Waals surface area contributed by atoms with E-state index in [0.717, 1.165) is 44.7 Å². The van der Waals surface area contributed by atoms with E-state index in [9.17, 15) is 4.79 Å². The van der Waals surface area contributed by atoms with Crippen LogP contribution in [0.2, 0.25) is 0 Å². The zero-order chi connectivity index (χ0) is 19.1. The zero-order valence-electron chi connectivity index (χ0n) is 16.3. The summed E-state index contributed by atoms with van der Waals surface area (Å²) in [7, 11) is 0. The molecule has 4 heterocycles. The van der Waals surface area contributed by atoms with Crippen molar-refractivity contribution in [2.45, 2.75) is 44.8 Å². The van der Waals surface area contributed by atoms with Crippen LogP contribution in [-0.2, 0) is 28.1 Å². The van der Waals surface area contributed by atoms with Crippen LogP contribution >= 0.6 is 0 Å². The molecule has 2 aliphatic heterocycles. The summed E-state index contributed by atoms with van der Waals surface area (Å²) in [5.41, 5.74) is 4.53. The molecule has 1 saturated heterocycles. The molecule has 0 aliphatic carbocycles. The largest absolute Gasteiger partial charge is 0.368 e. The highest BCUT2D eigenvalue weighted by Crippen LogP contribution is 2.43. The molecule has 28 heavy (non-hydrogen) atoms. The van der Waals surface area contributed by atoms with Crippen molar-refractivity contribution in [2.75, 3.05) is 19.7 Å². The third kappa shape index (κ3) is 2.92.